The summed E-state index contributed by atoms with van der Waals surface area (Å²) in [6, 6.07) is 39.3. The largest absolute Gasteiger partial charge is 0.288 e. The molecule has 0 radical (unpaired) electrons. The lowest BCUT2D eigenvalue weighted by Gasteiger charge is -2.13. The number of thiophene rings is 8. The summed E-state index contributed by atoms with van der Waals surface area (Å²) in [5, 5.41) is 2.70. The molecule has 102 heavy (non-hydrogen) atoms. The molecule has 0 N–H and O–H groups in total. The molecule has 0 bridgehead atoms. The van der Waals surface area contributed by atoms with Crippen LogP contribution in [0.1, 0.15) is 267 Å². The van der Waals surface area contributed by atoms with Crippen LogP contribution in [-0.2, 0) is 38.5 Å². The van der Waals surface area contributed by atoms with E-state index >= 15 is 0 Å². The predicted molar refractivity (Wildman–Crippen MR) is 450 cm³/mol. The summed E-state index contributed by atoms with van der Waals surface area (Å²) in [5.41, 5.74) is 10.7. The van der Waals surface area contributed by atoms with E-state index in [-0.39, 0.29) is 34.3 Å². The fraction of sp³-hybridized carbons (Fsp3) is 0.400. The molecule has 2 aliphatic carbocycles. The van der Waals surface area contributed by atoms with E-state index in [4.69, 9.17) is 0 Å². The molecule has 4 nitrogen and oxygen atoms in total. The number of hydrogen-bond acceptors (Lipinski definition) is 12. The molecule has 0 spiro atoms. The molecule has 11 aromatic rings. The van der Waals surface area contributed by atoms with Gasteiger partial charge >= 0.3 is 0 Å². The number of fused-ring (bicyclic) bond motifs is 4. The molecule has 12 heteroatoms. The summed E-state index contributed by atoms with van der Waals surface area (Å²) >= 11 is 15.5. The van der Waals surface area contributed by atoms with Crippen LogP contribution in [-0.4, -0.2) is 23.1 Å². The fourth-order valence-corrected chi connectivity index (χ4v) is 25.4. The molecule has 0 amide bonds. The number of carbonyl (C=O) groups excluding carboxylic acids is 4. The summed E-state index contributed by atoms with van der Waals surface area (Å²) in [5.74, 6) is 0.603. The third-order valence-electron chi connectivity index (χ3n) is 21.1. The first-order chi connectivity index (χ1) is 49.9. The van der Waals surface area contributed by atoms with E-state index in [1.165, 1.54) is 202 Å². The quantitative estimate of drug-likeness (QED) is 0.0223. The number of ketones is 4. The third kappa shape index (κ3) is 15.9. The second-order valence-electron chi connectivity index (χ2n) is 28.5. The first-order valence-corrected chi connectivity index (χ1v) is 44.9. The molecule has 0 saturated heterocycles. The highest BCUT2D eigenvalue weighted by atomic mass is 32.1. The number of rotatable bonds is 36. The Morgan fingerprint density at radius 3 is 1.03 bits per heavy atom. The van der Waals surface area contributed by atoms with Crippen molar-refractivity contribution in [2.75, 3.05) is 0 Å². The summed E-state index contributed by atoms with van der Waals surface area (Å²) in [7, 11) is 0. The zero-order valence-corrected chi connectivity index (χ0v) is 67.5. The van der Waals surface area contributed by atoms with Crippen LogP contribution in [0, 0.1) is 11.8 Å². The van der Waals surface area contributed by atoms with Gasteiger partial charge in [0.05, 0.1) is 11.1 Å². The molecule has 2 unspecified atom stereocenters. The molecule has 0 fully saturated rings. The zero-order chi connectivity index (χ0) is 71.0. The van der Waals surface area contributed by atoms with E-state index in [2.05, 4.69) is 116 Å². The lowest BCUT2D eigenvalue weighted by molar-refractivity contribution is 0.0975. The summed E-state index contributed by atoms with van der Waals surface area (Å²) in [6.07, 6.45) is 33.4. The highest BCUT2D eigenvalue weighted by Crippen LogP contribution is 2.57. The predicted octanol–water partition coefficient (Wildman–Crippen LogP) is 29.9. The van der Waals surface area contributed by atoms with Crippen LogP contribution in [0.15, 0.2) is 120 Å². The van der Waals surface area contributed by atoms with Gasteiger partial charge in [-0.05, 0) is 171 Å². The summed E-state index contributed by atoms with van der Waals surface area (Å²) in [4.78, 5) is 73.5. The molecule has 2 atom stereocenters. The molecular weight excluding hydrogens is 1400 g/mol. The lowest BCUT2D eigenvalue weighted by atomic mass is 9.95. The Labute approximate surface area is 638 Å². The highest BCUT2D eigenvalue weighted by molar-refractivity contribution is 7.31. The molecule has 13 rings (SSSR count). The van der Waals surface area contributed by atoms with Crippen molar-refractivity contribution in [1.82, 2.24) is 0 Å². The van der Waals surface area contributed by atoms with Crippen molar-refractivity contribution in [3.8, 4) is 59.9 Å². The van der Waals surface area contributed by atoms with Crippen molar-refractivity contribution in [3.05, 3.63) is 184 Å². The van der Waals surface area contributed by atoms with Crippen LogP contribution >= 0.6 is 90.7 Å². The molecular formula is C90H98O4S8. The molecule has 8 aromatic heterocycles. The van der Waals surface area contributed by atoms with Crippen LogP contribution < -0.4 is 0 Å². The van der Waals surface area contributed by atoms with Gasteiger partial charge in [0.2, 0.25) is 0 Å². The Hall–Kier alpha value is -6.06. The van der Waals surface area contributed by atoms with Crippen molar-refractivity contribution in [1.29, 1.82) is 0 Å². The van der Waals surface area contributed by atoms with Crippen molar-refractivity contribution < 1.29 is 19.2 Å². The third-order valence-corrected chi connectivity index (χ3v) is 31.0. The van der Waals surface area contributed by atoms with E-state index in [1.807, 2.05) is 104 Å². The maximum Gasteiger partial charge on any atom is 0.197 e. The van der Waals surface area contributed by atoms with Gasteiger partial charge < -0.3 is 0 Å². The number of Topliss-reactive ketones (excluding diaryl/α,β-unsaturated/α-hetero) is 4. The second kappa shape index (κ2) is 34.5. The van der Waals surface area contributed by atoms with Gasteiger partial charge in [0.15, 0.2) is 23.1 Å². The normalized spacial score (nSPS) is 13.7. The van der Waals surface area contributed by atoms with E-state index in [1.54, 1.807) is 46.9 Å². The summed E-state index contributed by atoms with van der Waals surface area (Å²) < 4.78 is 2.74. The maximum absolute atomic E-state index is 13.9. The number of carbonyl (C=O) groups is 4. The van der Waals surface area contributed by atoms with Crippen LogP contribution in [0.25, 0.3) is 92.2 Å². The molecule has 0 saturated carbocycles. The molecule has 8 heterocycles. The number of benzene rings is 3. The van der Waals surface area contributed by atoms with E-state index < -0.39 is 0 Å². The first-order valence-electron chi connectivity index (χ1n) is 38.4. The maximum atomic E-state index is 13.9. The van der Waals surface area contributed by atoms with Gasteiger partial charge in [-0.3, -0.25) is 19.2 Å². The summed E-state index contributed by atoms with van der Waals surface area (Å²) in [6.45, 7) is 18.5. The monoisotopic (exact) mass is 1500 g/mol. The minimum absolute atomic E-state index is 0.176. The number of aryl methyl sites for hydroxylation is 4. The molecule has 3 aromatic carbocycles. The topological polar surface area (TPSA) is 68.3 Å². The van der Waals surface area contributed by atoms with Crippen LogP contribution in [0.2, 0.25) is 0 Å². The Bertz CT molecular complexity index is 4450. The van der Waals surface area contributed by atoms with Gasteiger partial charge in [-0.2, -0.15) is 0 Å². The van der Waals surface area contributed by atoms with Crippen molar-refractivity contribution in [2.45, 2.75) is 222 Å². The first kappa shape index (κ1) is 74.2. The minimum atomic E-state index is -0.176. The molecule has 2 aliphatic rings. The fourth-order valence-electron chi connectivity index (χ4n) is 15.2. The smallest absolute Gasteiger partial charge is 0.197 e. The molecule has 530 valence electrons. The van der Waals surface area contributed by atoms with Crippen molar-refractivity contribution in [2.24, 2.45) is 11.8 Å². The Morgan fingerprint density at radius 2 is 0.667 bits per heavy atom. The van der Waals surface area contributed by atoms with Crippen LogP contribution in [0.4, 0.5) is 0 Å². The van der Waals surface area contributed by atoms with Gasteiger partial charge in [-0.1, -0.05) is 207 Å². The highest BCUT2D eigenvalue weighted by Gasteiger charge is 2.35. The van der Waals surface area contributed by atoms with Crippen molar-refractivity contribution >= 4 is 146 Å². The van der Waals surface area contributed by atoms with Gasteiger partial charge in [-0.15, -0.1) is 90.7 Å². The SMILES string of the molecule is CCCCCCc1cc(-c2sc(C=C3C(=O)c4ccccc4C3=O)cc2CCCC)sc1-c1cc2c(-c3ccc(CC(CC)CCCC)s3)c3sc(-c4sc(-c5sc(C=C6C(=O)c7ccccc7C6=O)cc5CCCC)cc4CCCCCC)cc3c(-c3ccc(CC(CC)CCCC)s3)c2s1. The van der Waals surface area contributed by atoms with Gasteiger partial charge in [0, 0.05) is 122 Å². The van der Waals surface area contributed by atoms with Crippen molar-refractivity contribution in [3.63, 3.8) is 0 Å². The van der Waals surface area contributed by atoms with E-state index in [0.29, 0.717) is 34.1 Å². The number of allylic oxidation sites excluding steroid dienone is 2. The lowest BCUT2D eigenvalue weighted by Crippen LogP contribution is -2.01. The average Bonchev–Trinajstić information content (AvgIpc) is 1.55. The molecule has 0 aliphatic heterocycles. The van der Waals surface area contributed by atoms with Gasteiger partial charge in [0.25, 0.3) is 0 Å². The van der Waals surface area contributed by atoms with Gasteiger partial charge in [-0.25, -0.2) is 0 Å². The second-order valence-corrected chi connectivity index (χ2v) is 37.2. The number of unbranched alkanes of at least 4 members (excludes halogenated alkanes) is 10. The standard InChI is InChI=1S/C90H98O4S8/c1-9-17-23-25-35-59-49-75(85-57(33-21-13-5)47-63(97-85)51-71-81(91)65-37-27-28-38-66(65)82(71)92)99-87(59)77-53-69-79(73-43-41-61(95-73)45-55(15-7)31-19-11-3)90-70(80(89(69)101-77)74-44-42-62(96-74)46-56(16-8)32-20-12-4)54-78(102-90)88-60(36-26-24-18-10-2)50-76(100-88)86-58(34-22-14-6)48-64(98-86)52-72-83(93)67-39-29-30-40-68(67)84(72)94/h27-30,37-44,47-56H,9-26,31-36,45-46H2,1-8H3. The van der Waals surface area contributed by atoms with Crippen LogP contribution in [0.5, 0.6) is 0 Å². The van der Waals surface area contributed by atoms with Crippen LogP contribution in [0.3, 0.4) is 0 Å². The van der Waals surface area contributed by atoms with E-state index in [9.17, 15) is 19.2 Å². The zero-order valence-electron chi connectivity index (χ0n) is 61.0. The van der Waals surface area contributed by atoms with Gasteiger partial charge in [0.1, 0.15) is 0 Å². The Balaban J connectivity index is 1.01. The van der Waals surface area contributed by atoms with E-state index in [0.717, 1.165) is 86.8 Å². The average molecular weight is 1500 g/mol. The minimum Gasteiger partial charge on any atom is -0.288 e. The Morgan fingerprint density at radius 1 is 0.324 bits per heavy atom. The number of hydrogen-bond donors (Lipinski definition) is 0. The Kier molecular flexibility index (Phi) is 25.1.